The number of halogens is 2. The van der Waals surface area contributed by atoms with Gasteiger partial charge in [0, 0.05) is 11.8 Å². The fraction of sp³-hybridized carbons (Fsp3) is 0.118. The van der Waals surface area contributed by atoms with E-state index in [9.17, 15) is 15.0 Å². The molecule has 118 valence electrons. The summed E-state index contributed by atoms with van der Waals surface area (Å²) in [5.41, 5.74) is 1.15. The average Bonchev–Trinajstić information content (AvgIpc) is 2.94. The fourth-order valence-electron chi connectivity index (χ4n) is 2.50. The zero-order chi connectivity index (χ0) is 16.7. The van der Waals surface area contributed by atoms with Gasteiger partial charge in [-0.1, -0.05) is 25.1 Å². The maximum atomic E-state index is 13.0. The molecule has 4 nitrogen and oxygen atoms in total. The number of fused-ring (bicyclic) bond motifs is 1. The van der Waals surface area contributed by atoms with Crippen molar-refractivity contribution in [2.75, 3.05) is 0 Å². The van der Waals surface area contributed by atoms with Gasteiger partial charge >= 0.3 is 0 Å². The Kier molecular flexibility index (Phi) is 4.21. The van der Waals surface area contributed by atoms with Gasteiger partial charge in [-0.2, -0.15) is 0 Å². The SMILES string of the molecule is CCc1oc2ccccc2c1C(=O)c1cc(Br)c(O)c(Br)c1O. The summed E-state index contributed by atoms with van der Waals surface area (Å²) < 4.78 is 6.13. The number of ketones is 1. The third kappa shape index (κ3) is 2.56. The lowest BCUT2D eigenvalue weighted by Gasteiger charge is -2.09. The topological polar surface area (TPSA) is 70.7 Å². The Morgan fingerprint density at radius 2 is 1.87 bits per heavy atom. The largest absolute Gasteiger partial charge is 0.506 e. The fourth-order valence-corrected chi connectivity index (χ4v) is 3.62. The molecular formula is C17H12Br2O4. The molecule has 0 atom stereocenters. The molecule has 0 aliphatic rings. The predicted molar refractivity (Wildman–Crippen MR) is 94.2 cm³/mol. The van der Waals surface area contributed by atoms with E-state index in [1.807, 2.05) is 25.1 Å². The average molecular weight is 440 g/mol. The Morgan fingerprint density at radius 3 is 2.57 bits per heavy atom. The standard InChI is InChI=1S/C17H12Br2O4/c1-2-11-13(8-5-3-4-6-12(8)23-11)15(20)9-7-10(18)17(22)14(19)16(9)21/h3-7,21-22H,2H2,1H3. The molecule has 6 heteroatoms. The quantitative estimate of drug-likeness (QED) is 0.552. The number of carbonyl (C=O) groups excluding carboxylic acids is 1. The molecule has 1 aromatic heterocycles. The van der Waals surface area contributed by atoms with E-state index in [0.29, 0.717) is 33.2 Å². The van der Waals surface area contributed by atoms with Gasteiger partial charge in [0.1, 0.15) is 27.3 Å². The number of hydrogen-bond acceptors (Lipinski definition) is 4. The number of aromatic hydroxyl groups is 2. The van der Waals surface area contributed by atoms with Crippen LogP contribution in [0.15, 0.2) is 43.7 Å². The monoisotopic (exact) mass is 438 g/mol. The van der Waals surface area contributed by atoms with Gasteiger partial charge in [-0.15, -0.1) is 0 Å². The number of phenols is 2. The van der Waals surface area contributed by atoms with Crippen molar-refractivity contribution in [3.63, 3.8) is 0 Å². The zero-order valence-electron chi connectivity index (χ0n) is 12.1. The van der Waals surface area contributed by atoms with E-state index in [0.717, 1.165) is 0 Å². The number of benzene rings is 2. The summed E-state index contributed by atoms with van der Waals surface area (Å²) in [5.74, 6) is -0.253. The lowest BCUT2D eigenvalue weighted by atomic mass is 9.98. The molecule has 0 bridgehead atoms. The van der Waals surface area contributed by atoms with Crippen LogP contribution in [0.2, 0.25) is 0 Å². The number of carbonyl (C=O) groups is 1. The molecule has 0 unspecified atom stereocenters. The summed E-state index contributed by atoms with van der Waals surface area (Å²) in [6, 6.07) is 8.68. The van der Waals surface area contributed by atoms with Crippen molar-refractivity contribution in [1.82, 2.24) is 0 Å². The van der Waals surface area contributed by atoms with Crippen LogP contribution in [0.1, 0.15) is 28.6 Å². The highest BCUT2D eigenvalue weighted by Crippen LogP contribution is 2.42. The van der Waals surface area contributed by atoms with E-state index < -0.39 is 0 Å². The maximum Gasteiger partial charge on any atom is 0.200 e. The number of para-hydroxylation sites is 1. The van der Waals surface area contributed by atoms with Gasteiger partial charge in [0.25, 0.3) is 0 Å². The molecule has 1 heterocycles. The Hall–Kier alpha value is -1.79. The molecule has 0 fully saturated rings. The van der Waals surface area contributed by atoms with Crippen molar-refractivity contribution in [2.45, 2.75) is 13.3 Å². The van der Waals surface area contributed by atoms with Crippen molar-refractivity contribution in [1.29, 1.82) is 0 Å². The van der Waals surface area contributed by atoms with Crippen LogP contribution in [0.5, 0.6) is 11.5 Å². The highest BCUT2D eigenvalue weighted by molar-refractivity contribution is 9.11. The number of aryl methyl sites for hydroxylation is 1. The molecule has 2 aromatic carbocycles. The molecule has 23 heavy (non-hydrogen) atoms. The van der Waals surface area contributed by atoms with Crippen LogP contribution in [0, 0.1) is 0 Å². The number of rotatable bonds is 3. The second-order valence-electron chi connectivity index (χ2n) is 5.00. The van der Waals surface area contributed by atoms with E-state index in [-0.39, 0.29) is 27.3 Å². The lowest BCUT2D eigenvalue weighted by molar-refractivity contribution is 0.103. The van der Waals surface area contributed by atoms with Gasteiger partial charge in [0.05, 0.1) is 15.6 Å². The van der Waals surface area contributed by atoms with Crippen LogP contribution >= 0.6 is 31.9 Å². The van der Waals surface area contributed by atoms with Gasteiger partial charge in [0.2, 0.25) is 5.78 Å². The van der Waals surface area contributed by atoms with Gasteiger partial charge in [-0.25, -0.2) is 0 Å². The third-order valence-corrected chi connectivity index (χ3v) is 4.99. The maximum absolute atomic E-state index is 13.0. The van der Waals surface area contributed by atoms with Gasteiger partial charge in [0.15, 0.2) is 0 Å². The van der Waals surface area contributed by atoms with Crippen LogP contribution in [0.3, 0.4) is 0 Å². The summed E-state index contributed by atoms with van der Waals surface area (Å²) >= 11 is 6.27. The first-order valence-electron chi connectivity index (χ1n) is 6.90. The molecule has 0 saturated heterocycles. The molecule has 2 N–H and O–H groups in total. The van der Waals surface area contributed by atoms with Gasteiger partial charge < -0.3 is 14.6 Å². The summed E-state index contributed by atoms with van der Waals surface area (Å²) in [6.07, 6.45) is 0.553. The number of furan rings is 1. The normalized spacial score (nSPS) is 11.1. The van der Waals surface area contributed by atoms with Crippen LogP contribution < -0.4 is 0 Å². The minimum atomic E-state index is -0.356. The molecule has 0 spiro atoms. The molecule has 0 aliphatic carbocycles. The first kappa shape index (κ1) is 16.1. The van der Waals surface area contributed by atoms with Crippen molar-refractivity contribution < 1.29 is 19.4 Å². The van der Waals surface area contributed by atoms with Crippen LogP contribution in [-0.4, -0.2) is 16.0 Å². The second-order valence-corrected chi connectivity index (χ2v) is 6.64. The smallest absolute Gasteiger partial charge is 0.200 e. The summed E-state index contributed by atoms with van der Waals surface area (Å²) in [4.78, 5) is 13.0. The Labute approximate surface area is 149 Å². The van der Waals surface area contributed by atoms with Crippen molar-refractivity contribution in [3.05, 3.63) is 56.2 Å². The first-order valence-corrected chi connectivity index (χ1v) is 8.49. The molecule has 3 rings (SSSR count). The van der Waals surface area contributed by atoms with Crippen LogP contribution in [0.25, 0.3) is 11.0 Å². The van der Waals surface area contributed by atoms with Crippen molar-refractivity contribution >= 4 is 48.6 Å². The first-order chi connectivity index (χ1) is 11.0. The van der Waals surface area contributed by atoms with Crippen molar-refractivity contribution in [3.8, 4) is 11.5 Å². The van der Waals surface area contributed by atoms with Gasteiger partial charge in [-0.3, -0.25) is 4.79 Å². The zero-order valence-corrected chi connectivity index (χ0v) is 15.2. The van der Waals surface area contributed by atoms with E-state index >= 15 is 0 Å². The van der Waals surface area contributed by atoms with E-state index in [2.05, 4.69) is 31.9 Å². The molecule has 3 aromatic rings. The molecule has 0 aliphatic heterocycles. The molecule has 0 amide bonds. The van der Waals surface area contributed by atoms with Crippen molar-refractivity contribution in [2.24, 2.45) is 0 Å². The minimum absolute atomic E-state index is 0.0704. The molecule has 0 radical (unpaired) electrons. The summed E-state index contributed by atoms with van der Waals surface area (Å²) in [5, 5.41) is 20.7. The lowest BCUT2D eigenvalue weighted by Crippen LogP contribution is -2.04. The second kappa shape index (κ2) is 6.02. The third-order valence-electron chi connectivity index (χ3n) is 3.63. The highest BCUT2D eigenvalue weighted by Gasteiger charge is 2.25. The van der Waals surface area contributed by atoms with E-state index in [1.165, 1.54) is 6.07 Å². The van der Waals surface area contributed by atoms with Crippen LogP contribution in [0.4, 0.5) is 0 Å². The highest BCUT2D eigenvalue weighted by atomic mass is 79.9. The van der Waals surface area contributed by atoms with Gasteiger partial charge in [-0.05, 0) is 44.0 Å². The predicted octanol–water partition coefficient (Wildman–Crippen LogP) is 5.16. The minimum Gasteiger partial charge on any atom is -0.506 e. The number of phenolic OH excluding ortho intramolecular Hbond substituents is 2. The summed E-state index contributed by atoms with van der Waals surface area (Å²) in [6.45, 7) is 1.90. The van der Waals surface area contributed by atoms with Crippen LogP contribution in [-0.2, 0) is 6.42 Å². The number of hydrogen-bond donors (Lipinski definition) is 2. The Bertz CT molecular complexity index is 928. The summed E-state index contributed by atoms with van der Waals surface area (Å²) in [7, 11) is 0. The molecular weight excluding hydrogens is 428 g/mol. The Morgan fingerprint density at radius 1 is 1.17 bits per heavy atom. The molecule has 0 saturated carbocycles. The van der Waals surface area contributed by atoms with E-state index in [1.54, 1.807) is 6.07 Å². The van der Waals surface area contributed by atoms with E-state index in [4.69, 9.17) is 4.42 Å². The Balaban J connectivity index is 2.26.